The summed E-state index contributed by atoms with van der Waals surface area (Å²) in [6.45, 7) is 0.831. The number of carbonyl (C=O) groups is 1. The summed E-state index contributed by atoms with van der Waals surface area (Å²) in [6, 6.07) is 18.1. The van der Waals surface area contributed by atoms with Gasteiger partial charge in [0.1, 0.15) is 5.76 Å². The number of alkyl halides is 3. The molecule has 0 atom stereocenters. The molecule has 5 aromatic rings. The van der Waals surface area contributed by atoms with Crippen LogP contribution in [-0.2, 0) is 25.0 Å². The Morgan fingerprint density at radius 1 is 1.05 bits per heavy atom. The molecule has 38 heavy (non-hydrogen) atoms. The van der Waals surface area contributed by atoms with Crippen molar-refractivity contribution in [3.8, 4) is 0 Å². The molecule has 0 radical (unpaired) electrons. The highest BCUT2D eigenvalue weighted by Crippen LogP contribution is 2.32. The SMILES string of the molecule is CN(Cc1ccco1)C(=O)c1ccc(Cn2c(SCc3cccc(C(F)(F)F)c3)nc3ccncc32)cc1. The molecular weight excluding hydrogens is 513 g/mol. The summed E-state index contributed by atoms with van der Waals surface area (Å²) in [6.07, 6.45) is 0.559. The van der Waals surface area contributed by atoms with Gasteiger partial charge in [-0.25, -0.2) is 4.98 Å². The maximum absolute atomic E-state index is 13.1. The molecule has 1 amide bonds. The van der Waals surface area contributed by atoms with Crippen LogP contribution >= 0.6 is 11.8 Å². The first-order valence-electron chi connectivity index (χ1n) is 11.7. The van der Waals surface area contributed by atoms with Gasteiger partial charge in [0.15, 0.2) is 5.16 Å². The summed E-state index contributed by atoms with van der Waals surface area (Å²) in [4.78, 5) is 23.3. The second-order valence-corrected chi connectivity index (χ2v) is 9.71. The number of thioether (sulfide) groups is 1. The Morgan fingerprint density at radius 2 is 1.87 bits per heavy atom. The summed E-state index contributed by atoms with van der Waals surface area (Å²) in [5.41, 5.74) is 2.95. The average Bonchev–Trinajstić information content (AvgIpc) is 3.55. The molecule has 3 aromatic heterocycles. The molecule has 5 rings (SSSR count). The fourth-order valence-corrected chi connectivity index (χ4v) is 5.02. The average molecular weight is 537 g/mol. The van der Waals surface area contributed by atoms with Crippen molar-refractivity contribution in [2.75, 3.05) is 7.05 Å². The quantitative estimate of drug-likeness (QED) is 0.208. The van der Waals surface area contributed by atoms with Gasteiger partial charge in [0.25, 0.3) is 5.91 Å². The van der Waals surface area contributed by atoms with E-state index >= 15 is 0 Å². The molecule has 0 N–H and O–H groups in total. The fourth-order valence-electron chi connectivity index (χ4n) is 4.06. The molecule has 10 heteroatoms. The van der Waals surface area contributed by atoms with Crippen molar-refractivity contribution in [2.45, 2.75) is 30.2 Å². The van der Waals surface area contributed by atoms with E-state index in [1.165, 1.54) is 23.9 Å². The van der Waals surface area contributed by atoms with Gasteiger partial charge in [-0.05, 0) is 47.5 Å². The van der Waals surface area contributed by atoms with Crippen LogP contribution in [0.1, 0.15) is 32.8 Å². The number of furan rings is 1. The molecular formula is C28H23F3N4O2S. The lowest BCUT2D eigenvalue weighted by Gasteiger charge is -2.16. The molecule has 2 aromatic carbocycles. The van der Waals surface area contributed by atoms with Gasteiger partial charge in [0.05, 0.1) is 42.1 Å². The fraction of sp³-hybridized carbons (Fsp3) is 0.179. The van der Waals surface area contributed by atoms with E-state index in [2.05, 4.69) is 4.98 Å². The lowest BCUT2D eigenvalue weighted by Crippen LogP contribution is -2.25. The number of hydrogen-bond acceptors (Lipinski definition) is 5. The molecule has 3 heterocycles. The van der Waals surface area contributed by atoms with E-state index in [9.17, 15) is 18.0 Å². The predicted octanol–water partition coefficient (Wildman–Crippen LogP) is 6.66. The van der Waals surface area contributed by atoms with Gasteiger partial charge in [-0.15, -0.1) is 0 Å². The Hall–Kier alpha value is -4.05. The minimum Gasteiger partial charge on any atom is -0.467 e. The summed E-state index contributed by atoms with van der Waals surface area (Å²) < 4.78 is 46.7. The lowest BCUT2D eigenvalue weighted by atomic mass is 10.1. The Kier molecular flexibility index (Phi) is 7.24. The van der Waals surface area contributed by atoms with Crippen molar-refractivity contribution in [1.82, 2.24) is 19.4 Å². The highest BCUT2D eigenvalue weighted by atomic mass is 32.2. The zero-order valence-electron chi connectivity index (χ0n) is 20.4. The Balaban J connectivity index is 1.33. The van der Waals surface area contributed by atoms with Crippen molar-refractivity contribution in [3.63, 3.8) is 0 Å². The van der Waals surface area contributed by atoms with Crippen molar-refractivity contribution in [2.24, 2.45) is 0 Å². The van der Waals surface area contributed by atoms with Crippen molar-refractivity contribution < 1.29 is 22.4 Å². The number of fused-ring (bicyclic) bond motifs is 1. The molecule has 0 saturated carbocycles. The van der Waals surface area contributed by atoms with Crippen LogP contribution in [0.25, 0.3) is 11.0 Å². The molecule has 0 aliphatic rings. The molecule has 0 bridgehead atoms. The van der Waals surface area contributed by atoms with Gasteiger partial charge in [0, 0.05) is 24.6 Å². The number of nitrogens with zero attached hydrogens (tertiary/aromatic N) is 4. The van der Waals surface area contributed by atoms with Gasteiger partial charge in [-0.2, -0.15) is 13.2 Å². The minimum absolute atomic E-state index is 0.123. The van der Waals surface area contributed by atoms with Gasteiger partial charge < -0.3 is 13.9 Å². The first-order chi connectivity index (χ1) is 18.3. The van der Waals surface area contributed by atoms with Crippen molar-refractivity contribution in [1.29, 1.82) is 0 Å². The number of pyridine rings is 1. The molecule has 0 fully saturated rings. The number of rotatable bonds is 8. The Bertz CT molecular complexity index is 1550. The van der Waals surface area contributed by atoms with E-state index in [4.69, 9.17) is 9.40 Å². The van der Waals surface area contributed by atoms with Crippen LogP contribution in [0.15, 0.2) is 95.0 Å². The zero-order valence-corrected chi connectivity index (χ0v) is 21.2. The number of carbonyl (C=O) groups excluding carboxylic acids is 1. The lowest BCUT2D eigenvalue weighted by molar-refractivity contribution is -0.137. The standard InChI is InChI=1S/C28H23F3N4O2S/c1-34(17-23-6-3-13-37-23)26(36)21-9-7-19(8-10-21)16-35-25-15-32-12-11-24(25)33-27(35)38-18-20-4-2-5-22(14-20)28(29,30)31/h2-15H,16-18H2,1H3. The molecule has 194 valence electrons. The van der Waals surface area contributed by atoms with Crippen LogP contribution in [0.3, 0.4) is 0 Å². The van der Waals surface area contributed by atoms with Gasteiger partial charge in [0.2, 0.25) is 0 Å². The van der Waals surface area contributed by atoms with E-state index in [-0.39, 0.29) is 5.91 Å². The third-order valence-corrected chi connectivity index (χ3v) is 7.05. The van der Waals surface area contributed by atoms with Crippen LogP contribution in [-0.4, -0.2) is 32.4 Å². The van der Waals surface area contributed by atoms with Crippen LogP contribution in [0.5, 0.6) is 0 Å². The molecule has 0 saturated heterocycles. The number of benzene rings is 2. The Labute approximate surface area is 221 Å². The third-order valence-electron chi connectivity index (χ3n) is 6.00. The monoisotopic (exact) mass is 536 g/mol. The van der Waals surface area contributed by atoms with Crippen LogP contribution in [0.4, 0.5) is 13.2 Å². The molecule has 0 spiro atoms. The number of hydrogen-bond donors (Lipinski definition) is 0. The molecule has 6 nitrogen and oxygen atoms in total. The highest BCUT2D eigenvalue weighted by Gasteiger charge is 2.30. The van der Waals surface area contributed by atoms with Crippen LogP contribution in [0.2, 0.25) is 0 Å². The van der Waals surface area contributed by atoms with Gasteiger partial charge in [-0.3, -0.25) is 9.78 Å². The maximum Gasteiger partial charge on any atom is 0.416 e. The molecule has 0 unspecified atom stereocenters. The summed E-state index contributed by atoms with van der Waals surface area (Å²) in [5.74, 6) is 0.909. The van der Waals surface area contributed by atoms with Gasteiger partial charge >= 0.3 is 6.18 Å². The number of halogens is 3. The second kappa shape index (κ2) is 10.7. The van der Waals surface area contributed by atoms with Crippen molar-refractivity contribution in [3.05, 3.63) is 113 Å². The maximum atomic E-state index is 13.1. The van der Waals surface area contributed by atoms with Crippen molar-refractivity contribution >= 4 is 28.7 Å². The van der Waals surface area contributed by atoms with E-state index in [1.807, 2.05) is 22.8 Å². The molecule has 0 aliphatic carbocycles. The summed E-state index contributed by atoms with van der Waals surface area (Å²) in [5, 5.41) is 0.670. The first kappa shape index (κ1) is 25.6. The zero-order chi connectivity index (χ0) is 26.7. The smallest absolute Gasteiger partial charge is 0.416 e. The normalized spacial score (nSPS) is 11.7. The minimum atomic E-state index is -4.39. The first-order valence-corrected chi connectivity index (χ1v) is 12.7. The van der Waals surface area contributed by atoms with E-state index in [0.717, 1.165) is 22.7 Å². The van der Waals surface area contributed by atoms with Gasteiger partial charge in [-0.1, -0.05) is 42.1 Å². The van der Waals surface area contributed by atoms with E-state index < -0.39 is 11.7 Å². The van der Waals surface area contributed by atoms with Crippen LogP contribution < -0.4 is 0 Å². The number of amides is 1. The summed E-state index contributed by atoms with van der Waals surface area (Å²) in [7, 11) is 1.72. The highest BCUT2D eigenvalue weighted by molar-refractivity contribution is 7.98. The largest absolute Gasteiger partial charge is 0.467 e. The van der Waals surface area contributed by atoms with Crippen LogP contribution in [0, 0.1) is 0 Å². The number of aromatic nitrogens is 3. The Morgan fingerprint density at radius 3 is 2.61 bits per heavy atom. The number of imidazole rings is 1. The molecule has 0 aliphatic heterocycles. The second-order valence-electron chi connectivity index (χ2n) is 8.77. The third kappa shape index (κ3) is 5.75. The van der Waals surface area contributed by atoms with E-state index in [1.54, 1.807) is 60.9 Å². The van der Waals surface area contributed by atoms with E-state index in [0.29, 0.717) is 40.9 Å². The topological polar surface area (TPSA) is 64.2 Å². The summed E-state index contributed by atoms with van der Waals surface area (Å²) >= 11 is 1.37. The predicted molar refractivity (Wildman–Crippen MR) is 139 cm³/mol.